The van der Waals surface area contributed by atoms with Crippen LogP contribution in [0.2, 0.25) is 0 Å². The maximum Gasteiger partial charge on any atom is 0.246 e. The zero-order valence-electron chi connectivity index (χ0n) is 13.6. The average molecular weight is 347 g/mol. The monoisotopic (exact) mass is 347 g/mol. The third-order valence-electron chi connectivity index (χ3n) is 5.38. The predicted molar refractivity (Wildman–Crippen MR) is 87.4 cm³/mol. The second-order valence-electron chi connectivity index (χ2n) is 6.83. The number of rotatable bonds is 4. The van der Waals surface area contributed by atoms with Gasteiger partial charge >= 0.3 is 0 Å². The van der Waals surface area contributed by atoms with Crippen LogP contribution in [-0.2, 0) is 23.5 Å². The van der Waals surface area contributed by atoms with Gasteiger partial charge in [-0.15, -0.1) is 0 Å². The number of hydrogen-bond acceptors (Lipinski definition) is 5. The average Bonchev–Trinajstić information content (AvgIpc) is 3.26. The van der Waals surface area contributed by atoms with Crippen molar-refractivity contribution in [1.29, 1.82) is 0 Å². The van der Waals surface area contributed by atoms with Gasteiger partial charge in [0.2, 0.25) is 10.0 Å². The van der Waals surface area contributed by atoms with Gasteiger partial charge in [0.05, 0.1) is 11.9 Å². The molecule has 0 aromatic carbocycles. The zero-order chi connectivity index (χ0) is 16.7. The maximum absolute atomic E-state index is 12.8. The number of sulfonamides is 1. The third kappa shape index (κ3) is 2.73. The van der Waals surface area contributed by atoms with Gasteiger partial charge in [-0.05, 0) is 37.0 Å². The van der Waals surface area contributed by atoms with Gasteiger partial charge in [0.1, 0.15) is 4.90 Å². The molecule has 0 amide bonds. The van der Waals surface area contributed by atoms with Crippen molar-refractivity contribution in [2.75, 3.05) is 13.1 Å². The molecule has 0 unspecified atom stereocenters. The van der Waals surface area contributed by atoms with Gasteiger partial charge in [0.15, 0.2) is 0 Å². The van der Waals surface area contributed by atoms with Crippen LogP contribution >= 0.6 is 0 Å². The van der Waals surface area contributed by atoms with Crippen molar-refractivity contribution >= 4 is 10.0 Å². The van der Waals surface area contributed by atoms with Crippen LogP contribution < -0.4 is 0 Å². The lowest BCUT2D eigenvalue weighted by molar-refractivity contribution is 0.356. The fourth-order valence-electron chi connectivity index (χ4n) is 4.17. The first-order valence-electron chi connectivity index (χ1n) is 8.28. The van der Waals surface area contributed by atoms with E-state index in [1.165, 1.54) is 10.9 Å². The van der Waals surface area contributed by atoms with E-state index in [4.69, 9.17) is 0 Å². The van der Waals surface area contributed by atoms with Crippen molar-refractivity contribution in [2.24, 2.45) is 24.8 Å². The first-order valence-corrected chi connectivity index (χ1v) is 9.72. The van der Waals surface area contributed by atoms with Gasteiger partial charge in [0.25, 0.3) is 0 Å². The fraction of sp³-hybridized carbons (Fsp3) is 0.562. The Kier molecular flexibility index (Phi) is 3.88. The fourth-order valence-corrected chi connectivity index (χ4v) is 5.69. The minimum atomic E-state index is -3.43. The Morgan fingerprint density at radius 1 is 1.21 bits per heavy atom. The van der Waals surface area contributed by atoms with Gasteiger partial charge in [-0.25, -0.2) is 8.42 Å². The molecule has 2 aliphatic rings. The number of aryl methyl sites for hydroxylation is 1. The van der Waals surface area contributed by atoms with Crippen molar-refractivity contribution in [3.8, 4) is 0 Å². The highest BCUT2D eigenvalue weighted by molar-refractivity contribution is 7.89. The van der Waals surface area contributed by atoms with Crippen LogP contribution in [0.4, 0.5) is 0 Å². The van der Waals surface area contributed by atoms with E-state index in [-0.39, 0.29) is 4.90 Å². The third-order valence-corrected chi connectivity index (χ3v) is 7.16. The Hall–Kier alpha value is -1.80. The highest BCUT2D eigenvalue weighted by Crippen LogP contribution is 2.44. The Balaban J connectivity index is 1.50. The van der Waals surface area contributed by atoms with Crippen molar-refractivity contribution in [1.82, 2.24) is 24.1 Å². The van der Waals surface area contributed by atoms with Crippen LogP contribution in [0, 0.1) is 17.8 Å². The Morgan fingerprint density at radius 2 is 2.08 bits per heavy atom. The molecule has 0 bridgehead atoms. The van der Waals surface area contributed by atoms with Gasteiger partial charge in [-0.3, -0.25) is 14.6 Å². The van der Waals surface area contributed by atoms with E-state index in [0.29, 0.717) is 30.8 Å². The van der Waals surface area contributed by atoms with Gasteiger partial charge in [-0.1, -0.05) is 0 Å². The SMILES string of the molecule is Cn1cc(S(=O)(=O)N2C[C@H]3CC[C@H](Cc4cnccn4)[C@H]3C2)cn1. The lowest BCUT2D eigenvalue weighted by atomic mass is 9.89. The molecule has 4 rings (SSSR count). The van der Waals surface area contributed by atoms with Crippen LogP contribution in [0.5, 0.6) is 0 Å². The van der Waals surface area contributed by atoms with Crippen LogP contribution in [0.25, 0.3) is 0 Å². The van der Waals surface area contributed by atoms with E-state index in [0.717, 1.165) is 25.0 Å². The van der Waals surface area contributed by atoms with E-state index >= 15 is 0 Å². The molecule has 3 atom stereocenters. The summed E-state index contributed by atoms with van der Waals surface area (Å²) in [6, 6.07) is 0. The summed E-state index contributed by atoms with van der Waals surface area (Å²) in [6.45, 7) is 1.23. The Labute approximate surface area is 141 Å². The van der Waals surface area contributed by atoms with E-state index in [1.54, 1.807) is 29.9 Å². The summed E-state index contributed by atoms with van der Waals surface area (Å²) >= 11 is 0. The van der Waals surface area contributed by atoms with Gasteiger partial charge < -0.3 is 0 Å². The molecule has 1 aliphatic carbocycles. The van der Waals surface area contributed by atoms with Gasteiger partial charge in [0, 0.05) is 44.9 Å². The normalized spacial score (nSPS) is 27.5. The molecule has 128 valence electrons. The van der Waals surface area contributed by atoms with Crippen molar-refractivity contribution in [3.05, 3.63) is 36.7 Å². The standard InChI is InChI=1S/C16H21N5O2S/c1-20-10-15(8-19-20)24(22,23)21-9-13-3-2-12(16(13)11-21)6-14-7-17-4-5-18-14/h4-5,7-8,10,12-13,16H,2-3,6,9,11H2,1H3/t12-,13-,16-/m1/s1. The van der Waals surface area contributed by atoms with E-state index in [9.17, 15) is 8.42 Å². The minimum Gasteiger partial charge on any atom is -0.274 e. The molecule has 0 N–H and O–H groups in total. The number of nitrogens with zero attached hydrogens (tertiary/aromatic N) is 5. The summed E-state index contributed by atoms with van der Waals surface area (Å²) in [5.41, 5.74) is 0.997. The van der Waals surface area contributed by atoms with Crippen molar-refractivity contribution < 1.29 is 8.42 Å². The van der Waals surface area contributed by atoms with Crippen molar-refractivity contribution in [3.63, 3.8) is 0 Å². The molecule has 7 nitrogen and oxygen atoms in total. The van der Waals surface area contributed by atoms with E-state index in [2.05, 4.69) is 15.1 Å². The molecule has 2 aromatic heterocycles. The highest BCUT2D eigenvalue weighted by Gasteiger charge is 2.46. The molecule has 0 spiro atoms. The van der Waals surface area contributed by atoms with Crippen LogP contribution in [-0.4, -0.2) is 45.6 Å². The quantitative estimate of drug-likeness (QED) is 0.827. The molecule has 1 saturated heterocycles. The molecule has 0 radical (unpaired) electrons. The van der Waals surface area contributed by atoms with Crippen molar-refractivity contribution in [2.45, 2.75) is 24.2 Å². The minimum absolute atomic E-state index is 0.287. The number of aromatic nitrogens is 4. The van der Waals surface area contributed by atoms with Crippen LogP contribution in [0.1, 0.15) is 18.5 Å². The molecule has 2 fully saturated rings. The largest absolute Gasteiger partial charge is 0.274 e. The second-order valence-corrected chi connectivity index (χ2v) is 8.77. The smallest absolute Gasteiger partial charge is 0.246 e. The van der Waals surface area contributed by atoms with Crippen LogP contribution in [0.3, 0.4) is 0 Å². The molecule has 24 heavy (non-hydrogen) atoms. The summed E-state index contributed by atoms with van der Waals surface area (Å²) in [7, 11) is -1.70. The molecule has 1 aliphatic heterocycles. The Bertz CT molecular complexity index is 820. The summed E-state index contributed by atoms with van der Waals surface area (Å²) in [4.78, 5) is 8.79. The Morgan fingerprint density at radius 3 is 2.79 bits per heavy atom. The summed E-state index contributed by atoms with van der Waals surface area (Å²) in [5, 5.41) is 3.99. The predicted octanol–water partition coefficient (Wildman–Crippen LogP) is 1.10. The molecule has 2 aromatic rings. The van der Waals surface area contributed by atoms with E-state index < -0.39 is 10.0 Å². The first-order chi connectivity index (χ1) is 11.5. The molecule has 8 heteroatoms. The second kappa shape index (κ2) is 5.93. The number of fused-ring (bicyclic) bond motifs is 1. The number of hydrogen-bond donors (Lipinski definition) is 0. The molecular weight excluding hydrogens is 326 g/mol. The van der Waals surface area contributed by atoms with Crippen LogP contribution in [0.15, 0.2) is 35.9 Å². The zero-order valence-corrected chi connectivity index (χ0v) is 14.4. The van der Waals surface area contributed by atoms with Gasteiger partial charge in [-0.2, -0.15) is 9.40 Å². The maximum atomic E-state index is 12.8. The lowest BCUT2D eigenvalue weighted by Gasteiger charge is -2.20. The molecule has 3 heterocycles. The first kappa shape index (κ1) is 15.7. The lowest BCUT2D eigenvalue weighted by Crippen LogP contribution is -2.30. The summed E-state index contributed by atoms with van der Waals surface area (Å²) in [5.74, 6) is 1.36. The molecule has 1 saturated carbocycles. The topological polar surface area (TPSA) is 81.0 Å². The summed E-state index contributed by atoms with van der Waals surface area (Å²) < 4.78 is 28.8. The highest BCUT2D eigenvalue weighted by atomic mass is 32.2. The summed E-state index contributed by atoms with van der Waals surface area (Å²) in [6.07, 6.45) is 11.3. The van der Waals surface area contributed by atoms with E-state index in [1.807, 2.05) is 6.20 Å². The molecular formula is C16H21N5O2S.